The Morgan fingerprint density at radius 3 is 2.94 bits per heavy atom. The highest BCUT2D eigenvalue weighted by atomic mass is 16.7. The summed E-state index contributed by atoms with van der Waals surface area (Å²) in [7, 11) is -0.590. The predicted molar refractivity (Wildman–Crippen MR) is 125 cm³/mol. The number of amides is 1. The van der Waals surface area contributed by atoms with Crippen LogP contribution in [0.2, 0.25) is 6.82 Å². The highest BCUT2D eigenvalue weighted by Gasteiger charge is 2.32. The number of benzene rings is 1. The Hall–Kier alpha value is -3.64. The van der Waals surface area contributed by atoms with Crippen LogP contribution in [0, 0.1) is 0 Å². The molecule has 0 spiro atoms. The van der Waals surface area contributed by atoms with E-state index in [1.807, 2.05) is 29.1 Å². The molecule has 1 aromatic carbocycles. The number of fused-ring (bicyclic) bond motifs is 1. The first-order valence-electron chi connectivity index (χ1n) is 11.2. The van der Waals surface area contributed by atoms with Gasteiger partial charge in [0.25, 0.3) is 0 Å². The lowest BCUT2D eigenvalue weighted by molar-refractivity contribution is -0.121. The lowest BCUT2D eigenvalue weighted by Gasteiger charge is -2.42. The van der Waals surface area contributed by atoms with Crippen molar-refractivity contribution >= 4 is 18.8 Å². The van der Waals surface area contributed by atoms with Crippen LogP contribution in [0.3, 0.4) is 0 Å². The number of hydrogen-bond acceptors (Lipinski definition) is 9. The van der Waals surface area contributed by atoms with Crippen molar-refractivity contribution in [3.05, 3.63) is 54.7 Å². The molecule has 1 saturated heterocycles. The summed E-state index contributed by atoms with van der Waals surface area (Å²) in [6.45, 7) is 4.19. The van der Waals surface area contributed by atoms with Crippen LogP contribution in [-0.4, -0.2) is 74.8 Å². The second-order valence-corrected chi connectivity index (χ2v) is 8.33. The van der Waals surface area contributed by atoms with Gasteiger partial charge in [-0.05, 0) is 30.6 Å². The molecular formula is C22H26BN7O4. The van der Waals surface area contributed by atoms with Gasteiger partial charge in [-0.3, -0.25) is 9.36 Å². The average Bonchev–Trinajstić information content (AvgIpc) is 3.55. The van der Waals surface area contributed by atoms with Crippen molar-refractivity contribution < 1.29 is 19.3 Å². The zero-order valence-electron chi connectivity index (χ0n) is 18.9. The Morgan fingerprint density at radius 1 is 1.24 bits per heavy atom. The standard InChI is InChI=1S/C22H26BN7O4/c1-23(32)29-8-9-30(20-4-5-25-22(27-20)28-7-6-24-14-28)17(13-29)11-21(31)26-12-16-2-3-18-19(10-16)34-15-33-18/h2-7,10,14,17,32H,8-9,11-13,15H2,1H3,(H,26,31). The third-order valence-electron chi connectivity index (χ3n) is 6.05. The number of ether oxygens (including phenoxy) is 2. The Kier molecular flexibility index (Phi) is 6.32. The molecular weight excluding hydrogens is 437 g/mol. The molecule has 11 nitrogen and oxygen atoms in total. The molecule has 0 radical (unpaired) electrons. The van der Waals surface area contributed by atoms with Crippen molar-refractivity contribution in [3.63, 3.8) is 0 Å². The number of carbonyl (C=O) groups excluding carboxylic acids is 1. The van der Waals surface area contributed by atoms with Crippen molar-refractivity contribution in [2.75, 3.05) is 31.3 Å². The van der Waals surface area contributed by atoms with Gasteiger partial charge < -0.3 is 29.5 Å². The molecule has 2 N–H and O–H groups in total. The van der Waals surface area contributed by atoms with E-state index in [9.17, 15) is 9.82 Å². The third kappa shape index (κ3) is 4.82. The topological polar surface area (TPSA) is 118 Å². The number of nitrogens with one attached hydrogen (secondary N) is 1. The third-order valence-corrected chi connectivity index (χ3v) is 6.05. The average molecular weight is 463 g/mol. The Balaban J connectivity index is 1.28. The highest BCUT2D eigenvalue weighted by Crippen LogP contribution is 2.32. The zero-order valence-corrected chi connectivity index (χ0v) is 18.9. The van der Waals surface area contributed by atoms with E-state index in [0.717, 1.165) is 11.4 Å². The minimum atomic E-state index is -0.590. The first kappa shape index (κ1) is 22.2. The minimum Gasteiger partial charge on any atom is -0.454 e. The maximum absolute atomic E-state index is 12.9. The van der Waals surface area contributed by atoms with Gasteiger partial charge in [0.05, 0.1) is 6.04 Å². The van der Waals surface area contributed by atoms with Crippen LogP contribution in [0.4, 0.5) is 5.82 Å². The first-order valence-corrected chi connectivity index (χ1v) is 11.2. The summed E-state index contributed by atoms with van der Waals surface area (Å²) >= 11 is 0. The summed E-state index contributed by atoms with van der Waals surface area (Å²) in [6.07, 6.45) is 7.06. The maximum atomic E-state index is 12.9. The molecule has 5 rings (SSSR count). The quantitative estimate of drug-likeness (QED) is 0.488. The van der Waals surface area contributed by atoms with E-state index >= 15 is 0 Å². The molecule has 0 aliphatic carbocycles. The number of imidazole rings is 1. The van der Waals surface area contributed by atoms with Gasteiger partial charge in [0, 0.05) is 51.2 Å². The van der Waals surface area contributed by atoms with Crippen LogP contribution in [0.25, 0.3) is 5.95 Å². The maximum Gasteiger partial charge on any atom is 0.376 e. The van der Waals surface area contributed by atoms with Crippen molar-refractivity contribution in [3.8, 4) is 17.4 Å². The van der Waals surface area contributed by atoms with Crippen molar-refractivity contribution in [1.82, 2.24) is 29.6 Å². The van der Waals surface area contributed by atoms with Gasteiger partial charge in [0.15, 0.2) is 11.5 Å². The second kappa shape index (κ2) is 9.70. The van der Waals surface area contributed by atoms with E-state index < -0.39 is 7.05 Å². The summed E-state index contributed by atoms with van der Waals surface area (Å²) in [5, 5.41) is 13.1. The number of nitrogens with zero attached hydrogens (tertiary/aromatic N) is 6. The predicted octanol–water partition coefficient (Wildman–Crippen LogP) is 0.698. The second-order valence-electron chi connectivity index (χ2n) is 8.33. The molecule has 176 valence electrons. The molecule has 2 aromatic heterocycles. The summed E-state index contributed by atoms with van der Waals surface area (Å²) < 4.78 is 12.5. The van der Waals surface area contributed by atoms with Crippen LogP contribution < -0.4 is 19.7 Å². The van der Waals surface area contributed by atoms with E-state index in [4.69, 9.17) is 14.5 Å². The Bertz CT molecular complexity index is 1140. The summed E-state index contributed by atoms with van der Waals surface area (Å²) in [6, 6.07) is 7.32. The number of hydrogen-bond donors (Lipinski definition) is 2. The molecule has 12 heteroatoms. The van der Waals surface area contributed by atoms with E-state index in [2.05, 4.69) is 20.2 Å². The molecule has 1 fully saturated rings. The molecule has 1 atom stereocenters. The smallest absolute Gasteiger partial charge is 0.376 e. The van der Waals surface area contributed by atoms with Gasteiger partial charge in [-0.15, -0.1) is 0 Å². The lowest BCUT2D eigenvalue weighted by Crippen LogP contribution is -2.58. The fourth-order valence-corrected chi connectivity index (χ4v) is 4.23. The van der Waals surface area contributed by atoms with Crippen LogP contribution in [0.15, 0.2) is 49.2 Å². The van der Waals surface area contributed by atoms with Crippen LogP contribution in [0.1, 0.15) is 12.0 Å². The van der Waals surface area contributed by atoms with E-state index in [1.165, 1.54) is 0 Å². The van der Waals surface area contributed by atoms with Crippen molar-refractivity contribution in [2.45, 2.75) is 25.8 Å². The van der Waals surface area contributed by atoms with E-state index in [0.29, 0.717) is 43.6 Å². The summed E-state index contributed by atoms with van der Waals surface area (Å²) in [5.74, 6) is 2.57. The number of carbonyl (C=O) groups is 1. The molecule has 3 aromatic rings. The van der Waals surface area contributed by atoms with Gasteiger partial charge in [0.2, 0.25) is 18.6 Å². The molecule has 2 aliphatic rings. The fraction of sp³-hybridized carbons (Fsp3) is 0.364. The number of aromatic nitrogens is 4. The number of rotatable bonds is 7. The molecule has 34 heavy (non-hydrogen) atoms. The van der Waals surface area contributed by atoms with Crippen LogP contribution in [0.5, 0.6) is 11.5 Å². The van der Waals surface area contributed by atoms with Gasteiger partial charge in [-0.25, -0.2) is 9.97 Å². The van der Waals surface area contributed by atoms with Crippen molar-refractivity contribution in [1.29, 1.82) is 0 Å². The van der Waals surface area contributed by atoms with Crippen molar-refractivity contribution in [2.24, 2.45) is 0 Å². The molecule has 0 bridgehead atoms. The lowest BCUT2D eigenvalue weighted by atomic mass is 9.83. The molecule has 1 amide bonds. The molecule has 2 aliphatic heterocycles. The minimum absolute atomic E-state index is 0.0796. The molecule has 0 saturated carbocycles. The monoisotopic (exact) mass is 463 g/mol. The van der Waals surface area contributed by atoms with Gasteiger partial charge in [-0.1, -0.05) is 6.07 Å². The van der Waals surface area contributed by atoms with Gasteiger partial charge >= 0.3 is 7.05 Å². The van der Waals surface area contributed by atoms with E-state index in [-0.39, 0.29) is 25.2 Å². The normalized spacial score (nSPS) is 17.6. The van der Waals surface area contributed by atoms with Gasteiger partial charge in [-0.2, -0.15) is 4.98 Å². The largest absolute Gasteiger partial charge is 0.454 e. The fourth-order valence-electron chi connectivity index (χ4n) is 4.23. The first-order chi connectivity index (χ1) is 16.6. The van der Waals surface area contributed by atoms with Gasteiger partial charge in [0.1, 0.15) is 12.1 Å². The number of anilines is 1. The summed E-state index contributed by atoms with van der Waals surface area (Å²) in [5.41, 5.74) is 0.935. The molecule has 4 heterocycles. The van der Waals surface area contributed by atoms with E-state index in [1.54, 1.807) is 36.3 Å². The Labute approximate surface area is 197 Å². The molecule has 1 unspecified atom stereocenters. The number of piperazine rings is 1. The summed E-state index contributed by atoms with van der Waals surface area (Å²) in [4.78, 5) is 30.1. The van der Waals surface area contributed by atoms with Crippen LogP contribution in [-0.2, 0) is 11.3 Å². The zero-order chi connectivity index (χ0) is 23.5. The Morgan fingerprint density at radius 2 is 2.12 bits per heavy atom. The highest BCUT2D eigenvalue weighted by molar-refractivity contribution is 6.45. The van der Waals surface area contributed by atoms with Crippen LogP contribution >= 0.6 is 0 Å². The SMILES string of the molecule is CB(O)N1CCN(c2ccnc(-n3ccnc3)n2)C(CC(=O)NCc2ccc3c(c2)OCO3)C1.